The highest BCUT2D eigenvalue weighted by Crippen LogP contribution is 2.44. The fraction of sp³-hybridized carbons (Fsp3) is 0.615. The van der Waals surface area contributed by atoms with E-state index in [1.54, 1.807) is 11.8 Å². The highest BCUT2D eigenvalue weighted by atomic mass is 32.1. The van der Waals surface area contributed by atoms with Crippen molar-refractivity contribution in [3.05, 3.63) is 28.5 Å². The summed E-state index contributed by atoms with van der Waals surface area (Å²) in [6, 6.07) is 0.863. The lowest BCUT2D eigenvalue weighted by Crippen LogP contribution is -2.41. The summed E-state index contributed by atoms with van der Waals surface area (Å²) in [6.07, 6.45) is -0.971. The van der Waals surface area contributed by atoms with Crippen LogP contribution in [0.4, 0.5) is 19.0 Å². The summed E-state index contributed by atoms with van der Waals surface area (Å²) in [5, 5.41) is 12.9. The van der Waals surface area contributed by atoms with Crippen molar-refractivity contribution in [2.24, 2.45) is 5.92 Å². The first kappa shape index (κ1) is 27.5. The van der Waals surface area contributed by atoms with Gasteiger partial charge in [-0.2, -0.15) is 13.2 Å². The Kier molecular flexibility index (Phi) is 7.17. The molecule has 11 heteroatoms. The smallest absolute Gasteiger partial charge is 0.390 e. The van der Waals surface area contributed by atoms with Crippen molar-refractivity contribution >= 4 is 28.8 Å². The number of rotatable bonds is 6. The number of thiazole rings is 1. The van der Waals surface area contributed by atoms with E-state index in [1.165, 1.54) is 0 Å². The molecular weight excluding hydrogens is 505 g/mol. The molecule has 2 fully saturated rings. The van der Waals surface area contributed by atoms with Crippen LogP contribution in [-0.2, 0) is 6.18 Å². The predicted molar refractivity (Wildman–Crippen MR) is 136 cm³/mol. The third-order valence-corrected chi connectivity index (χ3v) is 7.90. The Morgan fingerprint density at radius 1 is 1.27 bits per heavy atom. The zero-order chi connectivity index (χ0) is 27.3. The number of anilines is 1. The molecule has 2 aromatic rings. The molecule has 202 valence electrons. The number of halogens is 3. The summed E-state index contributed by atoms with van der Waals surface area (Å²) in [5.41, 5.74) is -2.68. The number of nitrogens with one attached hydrogen (secondary N) is 1. The van der Waals surface area contributed by atoms with Crippen LogP contribution in [0.25, 0.3) is 10.4 Å². The molecule has 1 atom stereocenters. The van der Waals surface area contributed by atoms with Crippen molar-refractivity contribution < 1.29 is 27.9 Å². The zero-order valence-corrected chi connectivity index (χ0v) is 22.5. The molecule has 1 aliphatic carbocycles. The van der Waals surface area contributed by atoms with Crippen LogP contribution < -0.4 is 5.32 Å². The van der Waals surface area contributed by atoms with Gasteiger partial charge in [0.25, 0.3) is 5.91 Å². The number of aliphatic hydroxyl groups is 1. The number of hydrogen-bond donors (Lipinski definition) is 2. The maximum absolute atomic E-state index is 14.2. The number of nitrogens with zero attached hydrogens (tertiary/aromatic N) is 3. The van der Waals surface area contributed by atoms with E-state index in [4.69, 9.17) is 0 Å². The molecule has 0 unspecified atom stereocenters. The third kappa shape index (κ3) is 6.14. The first-order valence-corrected chi connectivity index (χ1v) is 13.3. The van der Waals surface area contributed by atoms with Gasteiger partial charge in [-0.05, 0) is 72.3 Å². The van der Waals surface area contributed by atoms with Crippen LogP contribution in [0, 0.1) is 5.92 Å². The van der Waals surface area contributed by atoms with Crippen LogP contribution in [0.1, 0.15) is 92.6 Å². The Bertz CT molecular complexity index is 1190. The number of alkyl halides is 3. The van der Waals surface area contributed by atoms with Crippen LogP contribution in [0.3, 0.4) is 0 Å². The highest BCUT2D eigenvalue weighted by molar-refractivity contribution is 7.17. The maximum atomic E-state index is 14.2. The van der Waals surface area contributed by atoms with Crippen molar-refractivity contribution in [1.29, 1.82) is 0 Å². The van der Waals surface area contributed by atoms with Crippen LogP contribution in [-0.4, -0.2) is 55.4 Å². The molecule has 1 amide bonds. The van der Waals surface area contributed by atoms with Crippen LogP contribution in [0.2, 0.25) is 0 Å². The monoisotopic (exact) mass is 538 g/mol. The van der Waals surface area contributed by atoms with Crippen molar-refractivity contribution in [3.63, 3.8) is 0 Å². The topological polar surface area (TPSA) is 95.4 Å². The number of pyridine rings is 1. The summed E-state index contributed by atoms with van der Waals surface area (Å²) in [5.74, 6) is -0.787. The first-order valence-electron chi connectivity index (χ1n) is 12.5. The summed E-state index contributed by atoms with van der Waals surface area (Å²) in [4.78, 5) is 36.7. The summed E-state index contributed by atoms with van der Waals surface area (Å²) in [7, 11) is 0. The molecule has 0 radical (unpaired) electrons. The number of aromatic nitrogens is 2. The van der Waals surface area contributed by atoms with Gasteiger partial charge in [0.05, 0.1) is 16.0 Å². The number of Topliss-reactive ketones (excluding diaryl/α,β-unsaturated/α-hetero) is 1. The average molecular weight is 539 g/mol. The zero-order valence-electron chi connectivity index (χ0n) is 21.7. The number of amides is 1. The van der Waals surface area contributed by atoms with Crippen LogP contribution in [0.5, 0.6) is 0 Å². The fourth-order valence-electron chi connectivity index (χ4n) is 5.14. The quantitative estimate of drug-likeness (QED) is 0.452. The number of carbonyl (C=O) groups excluding carboxylic acids is 2. The minimum atomic E-state index is -4.72. The van der Waals surface area contributed by atoms with Crippen molar-refractivity contribution in [2.75, 3.05) is 11.9 Å². The summed E-state index contributed by atoms with van der Waals surface area (Å²) < 4.78 is 42.7. The van der Waals surface area contributed by atoms with Gasteiger partial charge in [0.1, 0.15) is 11.5 Å². The molecule has 1 saturated heterocycles. The predicted octanol–water partition coefficient (Wildman–Crippen LogP) is 5.79. The number of carbonyl (C=O) groups is 2. The molecule has 7 nitrogen and oxygen atoms in total. The average Bonchev–Trinajstić information content (AvgIpc) is 3.37. The minimum Gasteiger partial charge on any atom is -0.390 e. The molecule has 0 bridgehead atoms. The van der Waals surface area contributed by atoms with E-state index in [0.29, 0.717) is 19.4 Å². The second-order valence-electron chi connectivity index (χ2n) is 11.6. The van der Waals surface area contributed by atoms with E-state index in [1.807, 2.05) is 27.7 Å². The number of ketones is 1. The van der Waals surface area contributed by atoms with Crippen LogP contribution >= 0.6 is 11.3 Å². The molecule has 1 saturated carbocycles. The van der Waals surface area contributed by atoms with Gasteiger partial charge in [0.15, 0.2) is 10.8 Å². The Morgan fingerprint density at radius 3 is 2.49 bits per heavy atom. The van der Waals surface area contributed by atoms with Gasteiger partial charge in [0.2, 0.25) is 0 Å². The lowest BCUT2D eigenvalue weighted by molar-refractivity contribution is -0.137. The van der Waals surface area contributed by atoms with Crippen molar-refractivity contribution in [3.8, 4) is 10.4 Å². The van der Waals surface area contributed by atoms with Crippen LogP contribution in [0.15, 0.2) is 12.3 Å². The molecule has 0 spiro atoms. The van der Waals surface area contributed by atoms with Crippen molar-refractivity contribution in [1.82, 2.24) is 14.9 Å². The minimum absolute atomic E-state index is 0.00163. The van der Waals surface area contributed by atoms with Gasteiger partial charge in [0, 0.05) is 36.3 Å². The lowest BCUT2D eigenvalue weighted by Gasteiger charge is -2.40. The molecule has 2 N–H and O–H groups in total. The standard InChI is InChI=1S/C26H33F3N4O3S/c1-14-7-6-8-33(14)23(35)20-21(37-22(31-20)18(34)9-15-11-25(5,36)12-15)16-13-30-19(32-24(2,3)4)10-17(16)26(27,28)29/h10,13-15,36H,6-9,11-12H2,1-5H3,(H,30,32)/t14-,15?,25?/m0/s1. The summed E-state index contributed by atoms with van der Waals surface area (Å²) in [6.45, 7) is 9.51. The molecule has 0 aromatic carbocycles. The SMILES string of the molecule is C[C@H]1CCCN1C(=O)c1nc(C(=O)CC2CC(C)(O)C2)sc1-c1cnc(NC(C)(C)C)cc1C(F)(F)F. The molecular formula is C26H33F3N4O3S. The molecule has 4 rings (SSSR count). The molecule has 3 heterocycles. The molecule has 2 aliphatic rings. The molecule has 37 heavy (non-hydrogen) atoms. The van der Waals surface area contributed by atoms with E-state index in [0.717, 1.165) is 36.4 Å². The Labute approximate surface area is 218 Å². The van der Waals surface area contributed by atoms with E-state index >= 15 is 0 Å². The van der Waals surface area contributed by atoms with Gasteiger partial charge < -0.3 is 15.3 Å². The fourth-order valence-corrected chi connectivity index (χ4v) is 6.17. The Hall–Kier alpha value is -2.53. The first-order chi connectivity index (χ1) is 17.0. The third-order valence-electron chi connectivity index (χ3n) is 6.77. The van der Waals surface area contributed by atoms with E-state index in [-0.39, 0.29) is 51.1 Å². The van der Waals surface area contributed by atoms with Gasteiger partial charge in [-0.25, -0.2) is 9.97 Å². The highest BCUT2D eigenvalue weighted by Gasteiger charge is 2.41. The summed E-state index contributed by atoms with van der Waals surface area (Å²) >= 11 is 0.804. The van der Waals surface area contributed by atoms with E-state index in [2.05, 4.69) is 15.3 Å². The normalized spacial score (nSPS) is 24.2. The molecule has 1 aliphatic heterocycles. The van der Waals surface area contributed by atoms with Gasteiger partial charge in [-0.3, -0.25) is 9.59 Å². The second kappa shape index (κ2) is 9.65. The number of hydrogen-bond acceptors (Lipinski definition) is 7. The van der Waals surface area contributed by atoms with E-state index in [9.17, 15) is 27.9 Å². The van der Waals surface area contributed by atoms with Crippen molar-refractivity contribution in [2.45, 2.75) is 90.1 Å². The van der Waals surface area contributed by atoms with Gasteiger partial charge in [-0.1, -0.05) is 0 Å². The largest absolute Gasteiger partial charge is 0.417 e. The van der Waals surface area contributed by atoms with Gasteiger partial charge in [-0.15, -0.1) is 11.3 Å². The Morgan fingerprint density at radius 2 is 1.95 bits per heavy atom. The molecule has 2 aromatic heterocycles. The van der Waals surface area contributed by atoms with Gasteiger partial charge >= 0.3 is 6.18 Å². The number of likely N-dealkylation sites (tertiary alicyclic amines) is 1. The Balaban J connectivity index is 1.77. The second-order valence-corrected chi connectivity index (χ2v) is 12.6. The van der Waals surface area contributed by atoms with E-state index < -0.39 is 28.8 Å². The lowest BCUT2D eigenvalue weighted by atomic mass is 9.70. The maximum Gasteiger partial charge on any atom is 0.417 e.